The molecule has 1 unspecified atom stereocenters. The molecule has 1 nitrogen and oxygen atoms in total. The van der Waals surface area contributed by atoms with E-state index in [1.807, 2.05) is 0 Å². The Morgan fingerprint density at radius 1 is 1.05 bits per heavy atom. The molecule has 0 fully saturated rings. The van der Waals surface area contributed by atoms with Crippen molar-refractivity contribution in [3.63, 3.8) is 0 Å². The Balaban J connectivity index is 1.72. The van der Waals surface area contributed by atoms with Crippen LogP contribution in [0.2, 0.25) is 0 Å². The summed E-state index contributed by atoms with van der Waals surface area (Å²) in [5, 5.41) is 3.72. The van der Waals surface area contributed by atoms with Gasteiger partial charge < -0.3 is 5.32 Å². The molecule has 0 saturated carbocycles. The average Bonchev–Trinajstić information content (AvgIpc) is 2.93. The van der Waals surface area contributed by atoms with E-state index in [1.54, 1.807) is 11.1 Å². The summed E-state index contributed by atoms with van der Waals surface area (Å²) in [6.45, 7) is 3.25. The predicted molar refractivity (Wildman–Crippen MR) is 97.7 cm³/mol. The van der Waals surface area contributed by atoms with Gasteiger partial charge in [-0.25, -0.2) is 0 Å². The van der Waals surface area contributed by atoms with E-state index in [9.17, 15) is 0 Å². The van der Waals surface area contributed by atoms with Crippen LogP contribution in [0.5, 0.6) is 0 Å². The molecule has 1 aliphatic rings. The quantitative estimate of drug-likeness (QED) is 0.753. The number of benzene rings is 2. The van der Waals surface area contributed by atoms with E-state index in [0.29, 0.717) is 6.04 Å². The molecule has 0 saturated heterocycles. The molecule has 0 heterocycles. The van der Waals surface area contributed by atoms with Crippen molar-refractivity contribution < 1.29 is 0 Å². The van der Waals surface area contributed by atoms with Gasteiger partial charge in [0.25, 0.3) is 0 Å². The van der Waals surface area contributed by atoms with Crippen molar-refractivity contribution in [1.82, 2.24) is 5.32 Å². The van der Waals surface area contributed by atoms with Crippen molar-refractivity contribution >= 4 is 22.6 Å². The second kappa shape index (κ2) is 6.93. The molecule has 0 bridgehead atoms. The molecule has 110 valence electrons. The second-order valence-corrected chi connectivity index (χ2v) is 7.18. The average molecular weight is 391 g/mol. The Morgan fingerprint density at radius 3 is 2.24 bits per heavy atom. The van der Waals surface area contributed by atoms with E-state index in [1.165, 1.54) is 22.0 Å². The van der Waals surface area contributed by atoms with Crippen LogP contribution in [0.3, 0.4) is 0 Å². The Bertz CT molecular complexity index is 566. The van der Waals surface area contributed by atoms with E-state index < -0.39 is 0 Å². The van der Waals surface area contributed by atoms with Crippen LogP contribution in [0.25, 0.3) is 0 Å². The summed E-state index contributed by atoms with van der Waals surface area (Å²) in [6.07, 6.45) is 3.57. The molecule has 0 aromatic heterocycles. The largest absolute Gasteiger partial charge is 0.314 e. The highest BCUT2D eigenvalue weighted by atomic mass is 127. The lowest BCUT2D eigenvalue weighted by Gasteiger charge is -2.24. The van der Waals surface area contributed by atoms with Gasteiger partial charge in [-0.15, -0.1) is 0 Å². The van der Waals surface area contributed by atoms with E-state index in [2.05, 4.69) is 83.4 Å². The number of halogens is 1. The molecule has 0 amide bonds. The zero-order valence-corrected chi connectivity index (χ0v) is 14.6. The van der Waals surface area contributed by atoms with E-state index in [4.69, 9.17) is 0 Å². The Labute approximate surface area is 141 Å². The van der Waals surface area contributed by atoms with Crippen molar-refractivity contribution in [2.75, 3.05) is 6.54 Å². The third kappa shape index (κ3) is 3.67. The minimum absolute atomic E-state index is 0.572. The van der Waals surface area contributed by atoms with Crippen molar-refractivity contribution in [2.45, 2.75) is 32.2 Å². The van der Waals surface area contributed by atoms with Crippen LogP contribution in [0.1, 0.15) is 23.6 Å². The van der Waals surface area contributed by atoms with Gasteiger partial charge >= 0.3 is 0 Å². The van der Waals surface area contributed by atoms with Gasteiger partial charge in [0.15, 0.2) is 0 Å². The maximum absolute atomic E-state index is 3.72. The zero-order chi connectivity index (χ0) is 14.7. The highest BCUT2D eigenvalue weighted by Crippen LogP contribution is 2.30. The molecule has 1 N–H and O–H groups in total. The van der Waals surface area contributed by atoms with Crippen LogP contribution in [0.4, 0.5) is 0 Å². The first-order valence-corrected chi connectivity index (χ1v) is 8.88. The Kier molecular flexibility index (Phi) is 4.96. The first-order valence-electron chi connectivity index (χ1n) is 7.81. The van der Waals surface area contributed by atoms with Crippen LogP contribution < -0.4 is 5.32 Å². The summed E-state index contributed by atoms with van der Waals surface area (Å²) < 4.78 is 1.31. The topological polar surface area (TPSA) is 12.0 Å². The number of hydrogen-bond acceptors (Lipinski definition) is 1. The Hall–Kier alpha value is -0.870. The summed E-state index contributed by atoms with van der Waals surface area (Å²) in [5.74, 6) is 0.724. The van der Waals surface area contributed by atoms with Crippen molar-refractivity contribution in [1.29, 1.82) is 0 Å². The highest BCUT2D eigenvalue weighted by molar-refractivity contribution is 14.1. The zero-order valence-electron chi connectivity index (χ0n) is 12.5. The molecule has 1 atom stereocenters. The SMILES string of the molecule is CCNC(Cc1ccc(I)cc1)C1Cc2ccccc2C1. The summed E-state index contributed by atoms with van der Waals surface area (Å²) in [5.41, 5.74) is 4.54. The molecule has 0 spiro atoms. The smallest absolute Gasteiger partial charge is 0.0142 e. The maximum atomic E-state index is 3.72. The van der Waals surface area contributed by atoms with Gasteiger partial charge in [0, 0.05) is 9.61 Å². The van der Waals surface area contributed by atoms with Crippen LogP contribution >= 0.6 is 22.6 Å². The summed E-state index contributed by atoms with van der Waals surface area (Å²) in [7, 11) is 0. The molecule has 0 aliphatic heterocycles. The third-order valence-electron chi connectivity index (χ3n) is 4.49. The van der Waals surface area contributed by atoms with E-state index in [-0.39, 0.29) is 0 Å². The van der Waals surface area contributed by atoms with Gasteiger partial charge in [-0.05, 0) is 83.1 Å². The summed E-state index contributed by atoms with van der Waals surface area (Å²) >= 11 is 2.37. The number of likely N-dealkylation sites (N-methyl/N-ethyl adjacent to an activating group) is 1. The molecule has 3 rings (SSSR count). The van der Waals surface area contributed by atoms with Crippen molar-refractivity contribution in [2.24, 2.45) is 5.92 Å². The first-order chi connectivity index (χ1) is 10.3. The lowest BCUT2D eigenvalue weighted by Crippen LogP contribution is -2.38. The molecular weight excluding hydrogens is 369 g/mol. The highest BCUT2D eigenvalue weighted by Gasteiger charge is 2.27. The number of fused-ring (bicyclic) bond motifs is 1. The maximum Gasteiger partial charge on any atom is 0.0142 e. The van der Waals surface area contributed by atoms with Crippen LogP contribution in [0.15, 0.2) is 48.5 Å². The van der Waals surface area contributed by atoms with Gasteiger partial charge in [0.2, 0.25) is 0 Å². The van der Waals surface area contributed by atoms with Gasteiger partial charge in [-0.2, -0.15) is 0 Å². The predicted octanol–water partition coefficient (Wildman–Crippen LogP) is 4.23. The molecule has 2 aromatic carbocycles. The van der Waals surface area contributed by atoms with Crippen LogP contribution in [0, 0.1) is 9.49 Å². The molecule has 2 aromatic rings. The van der Waals surface area contributed by atoms with Gasteiger partial charge in [-0.3, -0.25) is 0 Å². The third-order valence-corrected chi connectivity index (χ3v) is 5.21. The van der Waals surface area contributed by atoms with E-state index in [0.717, 1.165) is 18.9 Å². The molecule has 21 heavy (non-hydrogen) atoms. The van der Waals surface area contributed by atoms with Crippen molar-refractivity contribution in [3.8, 4) is 0 Å². The molecular formula is C19H22IN. The van der Waals surface area contributed by atoms with Crippen LogP contribution in [-0.4, -0.2) is 12.6 Å². The standard InChI is InChI=1S/C19H22IN/c1-2-21-19(11-14-7-9-18(20)10-8-14)17-12-15-5-3-4-6-16(15)13-17/h3-10,17,19,21H,2,11-13H2,1H3. The number of nitrogens with one attached hydrogen (secondary N) is 1. The van der Waals surface area contributed by atoms with Gasteiger partial charge in [-0.1, -0.05) is 43.3 Å². The summed E-state index contributed by atoms with van der Waals surface area (Å²) in [4.78, 5) is 0. The van der Waals surface area contributed by atoms with Crippen molar-refractivity contribution in [3.05, 3.63) is 68.8 Å². The minimum Gasteiger partial charge on any atom is -0.314 e. The van der Waals surface area contributed by atoms with Crippen LogP contribution in [-0.2, 0) is 19.3 Å². The minimum atomic E-state index is 0.572. The molecule has 1 aliphatic carbocycles. The lowest BCUT2D eigenvalue weighted by molar-refractivity contribution is 0.368. The molecule has 2 heteroatoms. The number of rotatable bonds is 5. The molecule has 0 radical (unpaired) electrons. The van der Waals surface area contributed by atoms with Gasteiger partial charge in [0.1, 0.15) is 0 Å². The number of hydrogen-bond donors (Lipinski definition) is 1. The monoisotopic (exact) mass is 391 g/mol. The fraction of sp³-hybridized carbons (Fsp3) is 0.368. The van der Waals surface area contributed by atoms with Gasteiger partial charge in [0.05, 0.1) is 0 Å². The lowest BCUT2D eigenvalue weighted by atomic mass is 9.91. The Morgan fingerprint density at radius 2 is 1.67 bits per heavy atom. The first kappa shape index (κ1) is 15.0. The fourth-order valence-corrected chi connectivity index (χ4v) is 3.78. The summed E-state index contributed by atoms with van der Waals surface area (Å²) in [6, 6.07) is 18.5. The normalized spacial score (nSPS) is 15.9. The second-order valence-electron chi connectivity index (χ2n) is 5.93. The van der Waals surface area contributed by atoms with E-state index >= 15 is 0 Å². The fourth-order valence-electron chi connectivity index (χ4n) is 3.42.